The number of aldehydes is 3. The highest BCUT2D eigenvalue weighted by Gasteiger charge is 2.32. The summed E-state index contributed by atoms with van der Waals surface area (Å²) >= 11 is 0. The molecule has 0 spiro atoms. The zero-order valence-electron chi connectivity index (χ0n) is 46.6. The number of nitro groups is 1. The molecule has 6 aromatic carbocycles. The van der Waals surface area contributed by atoms with Gasteiger partial charge in [-0.25, -0.2) is 61.5 Å². The lowest BCUT2D eigenvalue weighted by atomic mass is 10.1. The van der Waals surface area contributed by atoms with Crippen LogP contribution in [0.2, 0.25) is 0 Å². The molecule has 6 aromatic rings. The summed E-state index contributed by atoms with van der Waals surface area (Å²) in [6.45, 7) is 9.42. The van der Waals surface area contributed by atoms with E-state index in [-0.39, 0.29) is 48.8 Å². The summed E-state index contributed by atoms with van der Waals surface area (Å²) < 4.78 is 268. The first-order chi connectivity index (χ1) is 41.8. The van der Waals surface area contributed by atoms with Crippen molar-refractivity contribution in [3.05, 3.63) is 191 Å². The summed E-state index contributed by atoms with van der Waals surface area (Å²) in [7, 11) is 3.14. The molecule has 0 fully saturated rings. The number of nitro benzene ring substituents is 1. The molecule has 1 N–H and O–H groups in total. The van der Waals surface area contributed by atoms with E-state index in [9.17, 15) is 108 Å². The molecule has 0 radical (unpaired) electrons. The second kappa shape index (κ2) is 35.8. The Labute approximate surface area is 490 Å². The molecule has 0 unspecified atom stereocenters. The number of hydrogen-bond acceptors (Lipinski definition) is 14. The van der Waals surface area contributed by atoms with Crippen molar-refractivity contribution in [2.24, 2.45) is 0 Å². The molecule has 16 nitrogen and oxygen atoms in total. The number of carbonyl (C=O) groups excluding carboxylic acids is 4. The molecule has 0 heterocycles. The van der Waals surface area contributed by atoms with Crippen LogP contribution in [0.4, 0.5) is 84.7 Å². The van der Waals surface area contributed by atoms with E-state index in [1.807, 2.05) is 20.8 Å². The van der Waals surface area contributed by atoms with Gasteiger partial charge in [0.2, 0.25) is 40.7 Å². The summed E-state index contributed by atoms with van der Waals surface area (Å²) in [5.41, 5.74) is -5.38. The lowest BCUT2D eigenvalue weighted by molar-refractivity contribution is -0.385. The largest absolute Gasteiger partial charge is 0.503 e. The SMILES string of the molecule is CCOC(OCC)OCC.CCOC(OCC)c1c(F)c(F)c(F)c(F)c1F.CN(C)C(=O)c1ccc(Oc2cc(COc3c(F)c(F)c(C=O)c(F)c3F)ccc2[N+](=O)[O-])cc1.O=Cc1c(F)c(F)c(F)c(F)c1F.O=Cc1c(F)c(F)c(O)c(F)c1F. The van der Waals surface area contributed by atoms with Crippen LogP contribution in [-0.4, -0.2) is 93.3 Å². The Bertz CT molecular complexity index is 3260. The highest BCUT2D eigenvalue weighted by atomic mass is 19.2. The van der Waals surface area contributed by atoms with Crippen molar-refractivity contribution < 1.29 is 141 Å². The van der Waals surface area contributed by atoms with Crippen molar-refractivity contribution in [3.63, 3.8) is 0 Å². The number of nitrogens with zero attached hydrogens (tertiary/aromatic N) is 2. The molecule has 0 aliphatic heterocycles. The van der Waals surface area contributed by atoms with Crippen LogP contribution in [0, 0.1) is 115 Å². The van der Waals surface area contributed by atoms with Crippen LogP contribution in [0.1, 0.15) is 93.5 Å². The molecule has 0 aliphatic rings. The molecule has 6 rings (SSSR count). The van der Waals surface area contributed by atoms with Crippen LogP contribution in [0.25, 0.3) is 0 Å². The van der Waals surface area contributed by atoms with Gasteiger partial charge in [-0.05, 0) is 76.6 Å². The van der Waals surface area contributed by atoms with E-state index in [1.54, 1.807) is 14.1 Å². The fraction of sp³-hybridized carbons (Fsp3) is 0.273. The van der Waals surface area contributed by atoms with Gasteiger partial charge in [0.05, 0.1) is 27.2 Å². The molecule has 1 amide bonds. The fourth-order valence-corrected chi connectivity index (χ4v) is 6.31. The quantitative estimate of drug-likeness (QED) is 0.0136. The average Bonchev–Trinajstić information content (AvgIpc) is 1.34. The van der Waals surface area contributed by atoms with Gasteiger partial charge in [-0.3, -0.25) is 29.3 Å². The van der Waals surface area contributed by atoms with Crippen LogP contribution in [0.15, 0.2) is 42.5 Å². The van der Waals surface area contributed by atoms with E-state index in [1.165, 1.54) is 49.1 Å². The number of phenols is 1. The minimum absolute atomic E-state index is 0.00976. The molecule has 0 bridgehead atoms. The Hall–Kier alpha value is -8.86. The van der Waals surface area contributed by atoms with Crippen LogP contribution in [-0.2, 0) is 30.3 Å². The Kier molecular flexibility index (Phi) is 30.7. The predicted octanol–water partition coefficient (Wildman–Crippen LogP) is 13.8. The van der Waals surface area contributed by atoms with Gasteiger partial charge in [-0.2, -0.15) is 17.6 Å². The maximum Gasteiger partial charge on any atom is 0.311 e. The third-order valence-electron chi connectivity index (χ3n) is 10.5. The van der Waals surface area contributed by atoms with Crippen molar-refractivity contribution in [2.75, 3.05) is 47.1 Å². The zero-order valence-corrected chi connectivity index (χ0v) is 46.6. The molecular weight excluding hydrogens is 1250 g/mol. The summed E-state index contributed by atoms with van der Waals surface area (Å²) in [5, 5.41) is 19.8. The monoisotopic (exact) mass is 1300 g/mol. The fourth-order valence-electron chi connectivity index (χ4n) is 6.31. The van der Waals surface area contributed by atoms with Crippen molar-refractivity contribution in [3.8, 4) is 23.0 Å². The molecule has 0 aromatic heterocycles. The number of benzene rings is 6. The number of aromatic hydroxyl groups is 1. The van der Waals surface area contributed by atoms with Crippen LogP contribution >= 0.6 is 0 Å². The second-order valence-electron chi connectivity index (χ2n) is 16.4. The number of phenolic OH excluding ortho intramolecular Hbond substituents is 1. The summed E-state index contributed by atoms with van der Waals surface area (Å²) in [5.74, 6) is -39.9. The molecule has 0 saturated heterocycles. The van der Waals surface area contributed by atoms with Gasteiger partial charge in [0.25, 0.3) is 12.4 Å². The number of hydrogen-bond donors (Lipinski definition) is 1. The normalized spacial score (nSPS) is 10.6. The smallest absolute Gasteiger partial charge is 0.311 e. The van der Waals surface area contributed by atoms with E-state index in [0.29, 0.717) is 25.4 Å². The molecule has 486 valence electrons. The first-order valence-electron chi connectivity index (χ1n) is 24.6. The van der Waals surface area contributed by atoms with E-state index < -0.39 is 175 Å². The Morgan fingerprint density at radius 2 is 0.854 bits per heavy atom. The van der Waals surface area contributed by atoms with Crippen molar-refractivity contribution in [1.82, 2.24) is 4.90 Å². The topological polar surface area (TPSA) is 200 Å². The molecule has 0 saturated carbocycles. The van der Waals surface area contributed by atoms with Gasteiger partial charge in [0.1, 0.15) is 12.4 Å². The minimum atomic E-state index is -2.28. The molecule has 0 atom stereocenters. The summed E-state index contributed by atoms with van der Waals surface area (Å²) in [4.78, 5) is 54.5. The number of halogens is 18. The third kappa shape index (κ3) is 19.3. The average molecular weight is 1300 g/mol. The minimum Gasteiger partial charge on any atom is -0.503 e. The highest BCUT2D eigenvalue weighted by Crippen LogP contribution is 2.36. The second-order valence-corrected chi connectivity index (χ2v) is 16.4. The van der Waals surface area contributed by atoms with Gasteiger partial charge in [-0.15, -0.1) is 0 Å². The lowest BCUT2D eigenvalue weighted by Crippen LogP contribution is -2.21. The van der Waals surface area contributed by atoms with Gasteiger partial charge >= 0.3 is 5.69 Å². The number of rotatable bonds is 21. The van der Waals surface area contributed by atoms with Crippen LogP contribution in [0.3, 0.4) is 0 Å². The number of ether oxygens (including phenoxy) is 7. The van der Waals surface area contributed by atoms with Crippen LogP contribution in [0.5, 0.6) is 23.0 Å². The molecule has 89 heavy (non-hydrogen) atoms. The van der Waals surface area contributed by atoms with E-state index in [4.69, 9.17) is 38.3 Å². The maximum absolute atomic E-state index is 14.1. The van der Waals surface area contributed by atoms with E-state index >= 15 is 0 Å². The van der Waals surface area contributed by atoms with Crippen molar-refractivity contribution in [1.29, 1.82) is 0 Å². The van der Waals surface area contributed by atoms with Crippen molar-refractivity contribution >= 4 is 30.5 Å². The Morgan fingerprint density at radius 3 is 1.20 bits per heavy atom. The van der Waals surface area contributed by atoms with E-state index in [0.717, 1.165) is 12.1 Å². The molecule has 0 aliphatic carbocycles. The predicted molar refractivity (Wildman–Crippen MR) is 269 cm³/mol. The Morgan fingerprint density at radius 1 is 0.506 bits per heavy atom. The molecular formula is C55H46F18N2O14. The van der Waals surface area contributed by atoms with Gasteiger partial charge in [0.15, 0.2) is 106 Å². The van der Waals surface area contributed by atoms with Gasteiger partial charge in [0, 0.05) is 58.8 Å². The van der Waals surface area contributed by atoms with E-state index in [2.05, 4.69) is 0 Å². The summed E-state index contributed by atoms with van der Waals surface area (Å²) in [6, 6.07) is 9.10. The maximum atomic E-state index is 14.1. The zero-order chi connectivity index (χ0) is 67.9. The molecule has 34 heteroatoms. The summed E-state index contributed by atoms with van der Waals surface area (Å²) in [6.07, 6.45) is -2.82. The number of amides is 1. The highest BCUT2D eigenvalue weighted by molar-refractivity contribution is 5.94. The first kappa shape index (κ1) is 76.2. The van der Waals surface area contributed by atoms with Gasteiger partial charge < -0.3 is 43.2 Å². The van der Waals surface area contributed by atoms with Gasteiger partial charge in [-0.1, -0.05) is 0 Å². The van der Waals surface area contributed by atoms with Crippen molar-refractivity contribution in [2.45, 2.75) is 54.0 Å². The lowest BCUT2D eigenvalue weighted by Gasteiger charge is -2.19. The number of carbonyl (C=O) groups is 4. The Balaban J connectivity index is 0.000000418. The standard InChI is InChI=1S/C23H16F4N2O6.C11H11F5O2.C7HF5O.C7H2F4O2.C7H16O3/c1-28(2)23(31)13-4-6-14(7-5-13)35-17-9-12(3-8-16(17)29(32)33)11-34-22-20(26)18(24)15(10-30)19(25)21(22)27;1-3-17-11(18-4-2)5-6(12)8(14)10(16)9(15)7(5)13;8-3-2(1-13)4(9)6(11)7(12)5(3)10;8-3-2(1-12)4(9)6(11)7(13)5(3)10;1-4-8-7(9-5-2)10-6-3/h3-10H,11H2,1-2H3;11H,3-4H2,1-2H3;1H;1,13H;7H,4-6H2,1-3H3. The third-order valence-corrected chi connectivity index (χ3v) is 10.5. The van der Waals surface area contributed by atoms with Crippen LogP contribution < -0.4 is 9.47 Å². The first-order valence-corrected chi connectivity index (χ1v) is 24.6.